The van der Waals surface area contributed by atoms with Crippen LogP contribution in [0.2, 0.25) is 71.1 Å². The molecule has 0 saturated heterocycles. The van der Waals surface area contributed by atoms with Gasteiger partial charge in [-0.3, -0.25) is 0 Å². The van der Waals surface area contributed by atoms with Crippen LogP contribution >= 0.6 is 0 Å². The van der Waals surface area contributed by atoms with Crippen LogP contribution in [0.3, 0.4) is 0 Å². The van der Waals surface area contributed by atoms with E-state index in [4.69, 9.17) is 0 Å². The van der Waals surface area contributed by atoms with Crippen molar-refractivity contribution in [1.29, 1.82) is 0 Å². The first-order valence-corrected chi connectivity index (χ1v) is 21.6. The molecular weight excluding hydrogens is 244 g/mol. The van der Waals surface area contributed by atoms with Crippen molar-refractivity contribution in [2.75, 3.05) is 0 Å². The molecular formula is C11H32Si4. The molecule has 0 atom stereocenters. The molecule has 0 fully saturated rings. The van der Waals surface area contributed by atoms with Crippen LogP contribution < -0.4 is 0 Å². The van der Waals surface area contributed by atoms with E-state index in [9.17, 15) is 0 Å². The molecule has 0 radical (unpaired) electrons. The molecule has 0 aromatic carbocycles. The Morgan fingerprint density at radius 1 is 0.533 bits per heavy atom. The van der Waals surface area contributed by atoms with Gasteiger partial charge < -0.3 is 0 Å². The first kappa shape index (κ1) is 15.9. The molecule has 15 heavy (non-hydrogen) atoms. The summed E-state index contributed by atoms with van der Waals surface area (Å²) in [4.78, 5) is 0. The molecule has 0 N–H and O–H groups in total. The molecule has 0 aliphatic carbocycles. The zero-order valence-corrected chi connectivity index (χ0v) is 16.7. The summed E-state index contributed by atoms with van der Waals surface area (Å²) in [5.74, 6) is 0. The summed E-state index contributed by atoms with van der Waals surface area (Å²) in [5.41, 5.74) is 1.67. The highest BCUT2D eigenvalue weighted by atomic mass is 29.6. The van der Waals surface area contributed by atoms with Crippen molar-refractivity contribution in [2.45, 2.75) is 71.1 Å². The Labute approximate surface area is 101 Å². The summed E-state index contributed by atoms with van der Waals surface area (Å²) in [6.07, 6.45) is 0. The normalized spacial score (nSPS) is 15.6. The lowest BCUT2D eigenvalue weighted by Crippen LogP contribution is -2.71. The van der Waals surface area contributed by atoms with Crippen LogP contribution in [0.5, 0.6) is 0 Å². The topological polar surface area (TPSA) is 0 Å². The summed E-state index contributed by atoms with van der Waals surface area (Å²) in [7, 11) is -3.67. The minimum atomic E-state index is -0.948. The molecule has 0 rings (SSSR count). The molecule has 0 unspecified atom stereocenters. The van der Waals surface area contributed by atoms with Gasteiger partial charge in [-0.25, -0.2) is 0 Å². The van der Waals surface area contributed by atoms with E-state index in [0.717, 1.165) is 0 Å². The van der Waals surface area contributed by atoms with Gasteiger partial charge in [-0.2, -0.15) is 0 Å². The van der Waals surface area contributed by atoms with Gasteiger partial charge in [-0.15, -0.1) is 0 Å². The second-order valence-corrected chi connectivity index (χ2v) is 43.9. The van der Waals surface area contributed by atoms with Gasteiger partial charge in [0.15, 0.2) is 0 Å². The van der Waals surface area contributed by atoms with Crippen molar-refractivity contribution < 1.29 is 0 Å². The Kier molecular flexibility index (Phi) is 4.52. The lowest BCUT2D eigenvalue weighted by Gasteiger charge is -2.50. The zero-order valence-electron chi connectivity index (χ0n) is 12.7. The van der Waals surface area contributed by atoms with Gasteiger partial charge in [0, 0.05) is 30.4 Å². The second-order valence-electron chi connectivity index (χ2n) is 8.57. The lowest BCUT2D eigenvalue weighted by atomic mass is 11.7. The standard InChI is InChI=1S/C11H32Si4/c1-12(2,3)11-15(10,13(4,5)6)14(7,8)9/h11H2,1-10H3. The number of rotatable bonds is 4. The predicted molar refractivity (Wildman–Crippen MR) is 86.5 cm³/mol. The number of hydrogen-bond acceptors (Lipinski definition) is 0. The van der Waals surface area contributed by atoms with E-state index in [0.29, 0.717) is 0 Å². The third-order valence-electron chi connectivity index (χ3n) is 4.19. The van der Waals surface area contributed by atoms with E-state index < -0.39 is 30.4 Å². The van der Waals surface area contributed by atoms with Crippen LogP contribution in [-0.4, -0.2) is 30.4 Å². The average Bonchev–Trinajstić information content (AvgIpc) is 1.77. The molecule has 4 heteroatoms. The van der Waals surface area contributed by atoms with Gasteiger partial charge in [-0.05, 0) is 0 Å². The third-order valence-corrected chi connectivity index (χ3v) is 54.4. The fourth-order valence-corrected chi connectivity index (χ4v) is 63.8. The Morgan fingerprint density at radius 2 is 0.800 bits per heavy atom. The summed E-state index contributed by atoms with van der Waals surface area (Å²) < 4.78 is 0. The summed E-state index contributed by atoms with van der Waals surface area (Å²) in [5, 5.41) is 0. The minimum absolute atomic E-state index is 0.881. The first-order valence-electron chi connectivity index (χ1n) is 6.21. The lowest BCUT2D eigenvalue weighted by molar-refractivity contribution is 1.56. The highest BCUT2D eigenvalue weighted by Crippen LogP contribution is 2.35. The molecule has 0 aromatic heterocycles. The van der Waals surface area contributed by atoms with Crippen molar-refractivity contribution in [2.24, 2.45) is 0 Å². The maximum atomic E-state index is 2.75. The van der Waals surface area contributed by atoms with Crippen molar-refractivity contribution in [3.8, 4) is 0 Å². The van der Waals surface area contributed by atoms with Crippen LogP contribution in [-0.2, 0) is 0 Å². The summed E-state index contributed by atoms with van der Waals surface area (Å²) >= 11 is 0. The minimum Gasteiger partial charge on any atom is -0.0731 e. The smallest absolute Gasteiger partial charge is 0.0412 e. The largest absolute Gasteiger partial charge is 0.0731 e. The van der Waals surface area contributed by atoms with Crippen LogP contribution in [0, 0.1) is 0 Å². The van der Waals surface area contributed by atoms with Crippen molar-refractivity contribution in [1.82, 2.24) is 0 Å². The maximum absolute atomic E-state index is 2.75. The van der Waals surface area contributed by atoms with E-state index >= 15 is 0 Å². The summed E-state index contributed by atoms with van der Waals surface area (Å²) in [6, 6.07) is 0. The van der Waals surface area contributed by atoms with Gasteiger partial charge in [0.05, 0.1) is 0 Å². The third kappa shape index (κ3) is 3.98. The molecule has 0 saturated carbocycles. The monoisotopic (exact) mass is 276 g/mol. The molecule has 0 bridgehead atoms. The van der Waals surface area contributed by atoms with Crippen LogP contribution in [0.1, 0.15) is 0 Å². The van der Waals surface area contributed by atoms with E-state index in [-0.39, 0.29) is 0 Å². The van der Waals surface area contributed by atoms with Gasteiger partial charge >= 0.3 is 0 Å². The Bertz CT molecular complexity index is 200. The van der Waals surface area contributed by atoms with E-state index in [2.05, 4.69) is 65.5 Å². The van der Waals surface area contributed by atoms with Crippen molar-refractivity contribution in [3.05, 3.63) is 0 Å². The molecule has 0 amide bonds. The Morgan fingerprint density at radius 3 is 0.867 bits per heavy atom. The van der Waals surface area contributed by atoms with E-state index in [1.54, 1.807) is 5.67 Å². The average molecular weight is 277 g/mol. The Hall–Kier alpha value is 0.868. The number of hydrogen-bond donors (Lipinski definition) is 0. The summed E-state index contributed by atoms with van der Waals surface area (Å²) in [6.45, 7) is 26.3. The van der Waals surface area contributed by atoms with Crippen LogP contribution in [0.4, 0.5) is 0 Å². The molecule has 92 valence electrons. The molecule has 0 aliphatic rings. The Balaban J connectivity index is 5.26. The van der Waals surface area contributed by atoms with Gasteiger partial charge in [-0.1, -0.05) is 71.1 Å². The molecule has 0 heterocycles. The van der Waals surface area contributed by atoms with Crippen LogP contribution in [0.25, 0.3) is 0 Å². The second kappa shape index (κ2) is 4.27. The SMILES string of the molecule is C[Si](C)(C)C[Si](C)([Si](C)(C)C)[Si](C)(C)C. The van der Waals surface area contributed by atoms with Gasteiger partial charge in [0.1, 0.15) is 0 Å². The maximum Gasteiger partial charge on any atom is 0.0412 e. The highest BCUT2D eigenvalue weighted by molar-refractivity contribution is 7.69. The quantitative estimate of drug-likeness (QED) is 0.649. The van der Waals surface area contributed by atoms with E-state index in [1.807, 2.05) is 0 Å². The zero-order chi connectivity index (χ0) is 12.7. The predicted octanol–water partition coefficient (Wildman–Crippen LogP) is 4.78. The fraction of sp³-hybridized carbons (Fsp3) is 1.00. The van der Waals surface area contributed by atoms with Gasteiger partial charge in [0.25, 0.3) is 0 Å². The highest BCUT2D eigenvalue weighted by Gasteiger charge is 2.51. The molecule has 0 spiro atoms. The van der Waals surface area contributed by atoms with E-state index in [1.165, 1.54) is 0 Å². The fourth-order valence-electron chi connectivity index (χ4n) is 2.72. The van der Waals surface area contributed by atoms with Crippen LogP contribution in [0.15, 0.2) is 0 Å². The first-order chi connectivity index (χ1) is 6.21. The molecule has 0 aromatic rings. The van der Waals surface area contributed by atoms with Crippen molar-refractivity contribution in [3.63, 3.8) is 0 Å². The van der Waals surface area contributed by atoms with Crippen molar-refractivity contribution >= 4 is 30.4 Å². The molecule has 0 aliphatic heterocycles. The molecule has 0 nitrogen and oxygen atoms in total. The van der Waals surface area contributed by atoms with Gasteiger partial charge in [0.2, 0.25) is 0 Å².